The highest BCUT2D eigenvalue weighted by Crippen LogP contribution is 2.30. The average molecular weight is 452 g/mol. The highest BCUT2D eigenvalue weighted by molar-refractivity contribution is 6.30. The number of benzene rings is 1. The van der Waals surface area contributed by atoms with E-state index in [1.165, 1.54) is 0 Å². The van der Waals surface area contributed by atoms with Crippen LogP contribution < -0.4 is 5.32 Å². The number of pyridine rings is 1. The Morgan fingerprint density at radius 2 is 1.91 bits per heavy atom. The highest BCUT2D eigenvalue weighted by atomic mass is 35.5. The van der Waals surface area contributed by atoms with Crippen molar-refractivity contribution in [1.82, 2.24) is 19.7 Å². The number of nitrogens with zero attached hydrogens (tertiary/aromatic N) is 4. The minimum absolute atomic E-state index is 0.00705. The molecule has 1 aliphatic rings. The first kappa shape index (κ1) is 22.0. The number of anilines is 1. The van der Waals surface area contributed by atoms with Crippen LogP contribution in [0.3, 0.4) is 0 Å². The first-order chi connectivity index (χ1) is 15.5. The maximum absolute atomic E-state index is 13.2. The van der Waals surface area contributed by atoms with E-state index < -0.39 is 0 Å². The molecule has 1 N–H and O–H groups in total. The van der Waals surface area contributed by atoms with Crippen LogP contribution in [0.1, 0.15) is 49.1 Å². The highest BCUT2D eigenvalue weighted by Gasteiger charge is 2.33. The molecule has 2 amide bonds. The first-order valence-corrected chi connectivity index (χ1v) is 11.3. The predicted octanol–water partition coefficient (Wildman–Crippen LogP) is 4.81. The van der Waals surface area contributed by atoms with Gasteiger partial charge in [0.15, 0.2) is 0 Å². The van der Waals surface area contributed by atoms with Crippen molar-refractivity contribution in [2.45, 2.75) is 38.6 Å². The van der Waals surface area contributed by atoms with Crippen LogP contribution in [0.2, 0.25) is 5.02 Å². The van der Waals surface area contributed by atoms with Gasteiger partial charge in [0.1, 0.15) is 12.2 Å². The smallest absolute Gasteiger partial charge is 0.272 e. The van der Waals surface area contributed by atoms with Crippen molar-refractivity contribution in [3.05, 3.63) is 65.6 Å². The molecule has 1 atom stereocenters. The van der Waals surface area contributed by atoms with Crippen molar-refractivity contribution in [1.29, 1.82) is 0 Å². The standard InChI is InChI=1S/C24H26ClN5O2/c1-2-3-4-5-20-15-29(16-23(31)27-19-10-12-26-13-11-19)24(32)22-14-21(28-30(20)22)17-6-8-18(25)9-7-17/h6-14,20H,2-5,15-16H2,1H3,(H,26,27,31). The topological polar surface area (TPSA) is 80.1 Å². The molecule has 1 aliphatic heterocycles. The minimum Gasteiger partial charge on any atom is -0.326 e. The van der Waals surface area contributed by atoms with Gasteiger partial charge in [-0.3, -0.25) is 19.3 Å². The summed E-state index contributed by atoms with van der Waals surface area (Å²) < 4.78 is 1.85. The van der Waals surface area contributed by atoms with Crippen LogP contribution in [0.15, 0.2) is 54.9 Å². The van der Waals surface area contributed by atoms with Crippen molar-refractivity contribution in [2.75, 3.05) is 18.4 Å². The molecule has 0 aliphatic carbocycles. The summed E-state index contributed by atoms with van der Waals surface area (Å²) in [7, 11) is 0. The quantitative estimate of drug-likeness (QED) is 0.498. The van der Waals surface area contributed by atoms with E-state index in [0.29, 0.717) is 22.9 Å². The van der Waals surface area contributed by atoms with Gasteiger partial charge in [0.05, 0.1) is 11.7 Å². The van der Waals surface area contributed by atoms with Gasteiger partial charge in [0.2, 0.25) is 5.91 Å². The van der Waals surface area contributed by atoms with Gasteiger partial charge in [0, 0.05) is 35.2 Å². The Hall–Kier alpha value is -3.19. The zero-order valence-electron chi connectivity index (χ0n) is 18.0. The Morgan fingerprint density at radius 1 is 1.16 bits per heavy atom. The molecule has 3 heterocycles. The van der Waals surface area contributed by atoms with Gasteiger partial charge in [0.25, 0.3) is 5.91 Å². The Labute approximate surface area is 192 Å². The number of unbranched alkanes of at least 4 members (excludes halogenated alkanes) is 2. The molecule has 7 nitrogen and oxygen atoms in total. The number of amides is 2. The summed E-state index contributed by atoms with van der Waals surface area (Å²) in [5.74, 6) is -0.419. The Kier molecular flexibility index (Phi) is 6.85. The van der Waals surface area contributed by atoms with E-state index in [4.69, 9.17) is 16.7 Å². The van der Waals surface area contributed by atoms with Gasteiger partial charge >= 0.3 is 0 Å². The number of fused-ring (bicyclic) bond motifs is 1. The van der Waals surface area contributed by atoms with Crippen molar-refractivity contribution in [3.63, 3.8) is 0 Å². The number of halogens is 1. The normalized spacial score (nSPS) is 15.5. The van der Waals surface area contributed by atoms with E-state index in [1.54, 1.807) is 29.4 Å². The largest absolute Gasteiger partial charge is 0.326 e. The fourth-order valence-electron chi connectivity index (χ4n) is 3.96. The van der Waals surface area contributed by atoms with Crippen LogP contribution in [-0.2, 0) is 4.79 Å². The molecule has 1 aromatic carbocycles. The van der Waals surface area contributed by atoms with Crippen molar-refractivity contribution in [2.24, 2.45) is 0 Å². The van der Waals surface area contributed by atoms with Crippen molar-refractivity contribution >= 4 is 29.1 Å². The summed E-state index contributed by atoms with van der Waals surface area (Å²) in [6.45, 7) is 2.62. The first-order valence-electron chi connectivity index (χ1n) is 10.9. The monoisotopic (exact) mass is 451 g/mol. The number of nitrogens with one attached hydrogen (secondary N) is 1. The Bertz CT molecular complexity index is 1080. The van der Waals surface area contributed by atoms with Gasteiger partial charge in [-0.2, -0.15) is 5.10 Å². The summed E-state index contributed by atoms with van der Waals surface area (Å²) in [5.41, 5.74) is 2.80. The lowest BCUT2D eigenvalue weighted by Crippen LogP contribution is -2.46. The van der Waals surface area contributed by atoms with Crippen LogP contribution in [-0.4, -0.2) is 44.6 Å². The van der Waals surface area contributed by atoms with Crippen LogP contribution in [0.25, 0.3) is 11.3 Å². The number of carbonyl (C=O) groups excluding carboxylic acids is 2. The number of carbonyl (C=O) groups is 2. The third kappa shape index (κ3) is 4.99. The SMILES string of the molecule is CCCCCC1CN(CC(=O)Nc2ccncc2)C(=O)c2cc(-c3ccc(Cl)cc3)nn21. The molecular formula is C24H26ClN5O2. The van der Waals surface area contributed by atoms with E-state index in [2.05, 4.69) is 17.2 Å². The molecule has 3 aromatic rings. The van der Waals surface area contributed by atoms with Crippen LogP contribution >= 0.6 is 11.6 Å². The Balaban J connectivity index is 1.56. The average Bonchev–Trinajstić information content (AvgIpc) is 3.24. The van der Waals surface area contributed by atoms with E-state index >= 15 is 0 Å². The van der Waals surface area contributed by atoms with Gasteiger partial charge in [-0.25, -0.2) is 0 Å². The zero-order chi connectivity index (χ0) is 22.5. The summed E-state index contributed by atoms with van der Waals surface area (Å²) in [6, 6.07) is 12.7. The third-order valence-corrected chi connectivity index (χ3v) is 5.85. The third-order valence-electron chi connectivity index (χ3n) is 5.60. The van der Waals surface area contributed by atoms with Gasteiger partial charge in [-0.05, 0) is 36.8 Å². The molecule has 0 radical (unpaired) electrons. The molecule has 1 unspecified atom stereocenters. The lowest BCUT2D eigenvalue weighted by atomic mass is 10.0. The summed E-state index contributed by atoms with van der Waals surface area (Å²) in [4.78, 5) is 31.4. The molecule has 0 bridgehead atoms. The molecule has 2 aromatic heterocycles. The molecule has 4 rings (SSSR count). The zero-order valence-corrected chi connectivity index (χ0v) is 18.8. The predicted molar refractivity (Wildman–Crippen MR) is 125 cm³/mol. The van der Waals surface area contributed by atoms with Crippen LogP contribution in [0.4, 0.5) is 5.69 Å². The van der Waals surface area contributed by atoms with E-state index in [0.717, 1.165) is 36.9 Å². The lowest BCUT2D eigenvalue weighted by Gasteiger charge is -2.33. The van der Waals surface area contributed by atoms with E-state index in [1.807, 2.05) is 35.0 Å². The maximum atomic E-state index is 13.2. The number of hydrogen-bond donors (Lipinski definition) is 1. The second-order valence-electron chi connectivity index (χ2n) is 7.99. The summed E-state index contributed by atoms with van der Waals surface area (Å²) in [5, 5.41) is 8.24. The van der Waals surface area contributed by atoms with Crippen molar-refractivity contribution in [3.8, 4) is 11.3 Å². The molecule has 0 spiro atoms. The van der Waals surface area contributed by atoms with Gasteiger partial charge < -0.3 is 10.2 Å². The molecule has 32 heavy (non-hydrogen) atoms. The van der Waals surface area contributed by atoms with Gasteiger partial charge in [-0.15, -0.1) is 0 Å². The molecular weight excluding hydrogens is 426 g/mol. The molecule has 166 valence electrons. The number of rotatable bonds is 8. The number of hydrogen-bond acceptors (Lipinski definition) is 4. The van der Waals surface area contributed by atoms with E-state index in [9.17, 15) is 9.59 Å². The molecule has 0 saturated heterocycles. The number of aromatic nitrogens is 3. The maximum Gasteiger partial charge on any atom is 0.272 e. The lowest BCUT2D eigenvalue weighted by molar-refractivity contribution is -0.117. The second kappa shape index (κ2) is 9.96. The molecule has 0 fully saturated rings. The van der Waals surface area contributed by atoms with E-state index in [-0.39, 0.29) is 24.4 Å². The van der Waals surface area contributed by atoms with Crippen molar-refractivity contribution < 1.29 is 9.59 Å². The Morgan fingerprint density at radius 3 is 2.62 bits per heavy atom. The fraction of sp³-hybridized carbons (Fsp3) is 0.333. The summed E-state index contributed by atoms with van der Waals surface area (Å²) >= 11 is 6.02. The summed E-state index contributed by atoms with van der Waals surface area (Å²) in [6.07, 6.45) is 7.41. The fourth-order valence-corrected chi connectivity index (χ4v) is 4.09. The van der Waals surface area contributed by atoms with Crippen LogP contribution in [0.5, 0.6) is 0 Å². The van der Waals surface area contributed by atoms with Crippen LogP contribution in [0, 0.1) is 0 Å². The molecule has 8 heteroatoms. The minimum atomic E-state index is -0.234. The molecule has 0 saturated carbocycles. The van der Waals surface area contributed by atoms with Gasteiger partial charge in [-0.1, -0.05) is 49.9 Å². The second-order valence-corrected chi connectivity index (χ2v) is 8.42.